The van der Waals surface area contributed by atoms with Gasteiger partial charge in [0.2, 0.25) is 10.0 Å². The van der Waals surface area contributed by atoms with E-state index in [9.17, 15) is 13.2 Å². The van der Waals surface area contributed by atoms with Gasteiger partial charge >= 0.3 is 0 Å². The lowest BCUT2D eigenvalue weighted by atomic mass is 10.1. The number of ether oxygens (including phenoxy) is 1. The normalized spacial score (nSPS) is 10.9. The predicted molar refractivity (Wildman–Crippen MR) is 104 cm³/mol. The number of amides is 1. The summed E-state index contributed by atoms with van der Waals surface area (Å²) in [6.45, 7) is 4.55. The maximum absolute atomic E-state index is 12.1. The minimum Gasteiger partial charge on any atom is -0.492 e. The third-order valence-electron chi connectivity index (χ3n) is 3.64. The molecule has 0 atom stereocenters. The molecule has 0 saturated carbocycles. The molecule has 2 rings (SSSR count). The molecule has 0 aromatic heterocycles. The lowest BCUT2D eigenvalue weighted by Gasteiger charge is -2.10. The number of benzene rings is 2. The number of terminal acetylenes is 1. The Bertz CT molecular complexity index is 925. The van der Waals surface area contributed by atoms with Crippen LogP contribution >= 0.6 is 0 Å². The molecular weight excluding hydrogens is 364 g/mol. The van der Waals surface area contributed by atoms with E-state index in [4.69, 9.17) is 11.2 Å². The van der Waals surface area contributed by atoms with E-state index in [1.807, 2.05) is 26.0 Å². The van der Waals surface area contributed by atoms with E-state index in [0.29, 0.717) is 18.7 Å². The van der Waals surface area contributed by atoms with Crippen LogP contribution in [0.4, 0.5) is 0 Å². The molecule has 1 amide bonds. The fourth-order valence-corrected chi connectivity index (χ4v) is 3.39. The standard InChI is InChI=1S/C20H22N2O4S/c1-4-9-22-27(24,25)19-7-5-17(6-8-19)20(23)21-10-11-26-18-13-15(2)12-16(3)14-18/h1,5-8,12-14,22H,9-11H2,2-3H3,(H,21,23). The number of rotatable bonds is 8. The van der Waals surface area contributed by atoms with E-state index in [-0.39, 0.29) is 17.3 Å². The largest absolute Gasteiger partial charge is 0.492 e. The highest BCUT2D eigenvalue weighted by molar-refractivity contribution is 7.89. The Labute approximate surface area is 160 Å². The van der Waals surface area contributed by atoms with Crippen LogP contribution in [0, 0.1) is 26.2 Å². The van der Waals surface area contributed by atoms with Crippen molar-refractivity contribution >= 4 is 15.9 Å². The molecule has 0 aliphatic carbocycles. The Balaban J connectivity index is 1.86. The highest BCUT2D eigenvalue weighted by atomic mass is 32.2. The summed E-state index contributed by atoms with van der Waals surface area (Å²) in [6.07, 6.45) is 5.05. The molecule has 0 radical (unpaired) electrons. The Morgan fingerprint density at radius 1 is 1.11 bits per heavy atom. The average Bonchev–Trinajstić information content (AvgIpc) is 2.63. The van der Waals surface area contributed by atoms with Crippen LogP contribution in [0.2, 0.25) is 0 Å². The number of carbonyl (C=O) groups excluding carboxylic acids is 1. The van der Waals surface area contributed by atoms with Gasteiger partial charge in [0.25, 0.3) is 5.91 Å². The van der Waals surface area contributed by atoms with Gasteiger partial charge in [-0.3, -0.25) is 4.79 Å². The molecule has 0 spiro atoms. The van der Waals surface area contributed by atoms with Gasteiger partial charge in [-0.1, -0.05) is 12.0 Å². The van der Waals surface area contributed by atoms with Gasteiger partial charge in [-0.25, -0.2) is 8.42 Å². The Kier molecular flexibility index (Phi) is 6.99. The highest BCUT2D eigenvalue weighted by Crippen LogP contribution is 2.16. The number of sulfonamides is 1. The molecule has 0 heterocycles. The fraction of sp³-hybridized carbons (Fsp3) is 0.250. The van der Waals surface area contributed by atoms with Crippen LogP contribution in [0.15, 0.2) is 47.4 Å². The molecule has 0 aliphatic rings. The highest BCUT2D eigenvalue weighted by Gasteiger charge is 2.14. The summed E-state index contributed by atoms with van der Waals surface area (Å²) in [4.78, 5) is 12.2. The van der Waals surface area contributed by atoms with E-state index >= 15 is 0 Å². The van der Waals surface area contributed by atoms with Gasteiger partial charge in [0.05, 0.1) is 18.0 Å². The van der Waals surface area contributed by atoms with Crippen molar-refractivity contribution in [2.75, 3.05) is 19.7 Å². The number of hydrogen-bond donors (Lipinski definition) is 2. The van der Waals surface area contributed by atoms with E-state index in [0.717, 1.165) is 16.9 Å². The van der Waals surface area contributed by atoms with Crippen LogP contribution in [-0.4, -0.2) is 34.0 Å². The maximum atomic E-state index is 12.1. The van der Waals surface area contributed by atoms with Crippen molar-refractivity contribution in [2.24, 2.45) is 0 Å². The first kappa shape index (κ1) is 20.5. The second kappa shape index (κ2) is 9.21. The summed E-state index contributed by atoms with van der Waals surface area (Å²) < 4.78 is 31.8. The smallest absolute Gasteiger partial charge is 0.251 e. The minimum absolute atomic E-state index is 0.0486. The molecule has 6 nitrogen and oxygen atoms in total. The number of carbonyl (C=O) groups is 1. The maximum Gasteiger partial charge on any atom is 0.251 e. The Morgan fingerprint density at radius 3 is 2.33 bits per heavy atom. The Hall–Kier alpha value is -2.82. The summed E-state index contributed by atoms with van der Waals surface area (Å²) in [5.74, 6) is 2.66. The molecule has 0 saturated heterocycles. The predicted octanol–water partition coefficient (Wildman–Crippen LogP) is 2.02. The quantitative estimate of drug-likeness (QED) is 0.537. The summed E-state index contributed by atoms with van der Waals surface area (Å²) in [5, 5.41) is 2.74. The van der Waals surface area contributed by atoms with E-state index in [1.54, 1.807) is 0 Å². The summed E-state index contributed by atoms with van der Waals surface area (Å²) >= 11 is 0. The van der Waals surface area contributed by atoms with Crippen LogP contribution in [0.5, 0.6) is 5.75 Å². The van der Waals surface area contributed by atoms with Crippen LogP contribution in [0.3, 0.4) is 0 Å². The Morgan fingerprint density at radius 2 is 1.74 bits per heavy atom. The van der Waals surface area contributed by atoms with Crippen molar-refractivity contribution < 1.29 is 17.9 Å². The molecular formula is C20H22N2O4S. The lowest BCUT2D eigenvalue weighted by molar-refractivity contribution is 0.0947. The molecule has 0 aliphatic heterocycles. The zero-order valence-electron chi connectivity index (χ0n) is 15.3. The van der Waals surface area contributed by atoms with Gasteiger partial charge in [-0.2, -0.15) is 4.72 Å². The molecule has 0 bridgehead atoms. The number of nitrogens with one attached hydrogen (secondary N) is 2. The van der Waals surface area contributed by atoms with Crippen molar-refractivity contribution in [2.45, 2.75) is 18.7 Å². The number of aryl methyl sites for hydroxylation is 2. The van der Waals surface area contributed by atoms with Crippen molar-refractivity contribution in [3.05, 3.63) is 59.2 Å². The lowest BCUT2D eigenvalue weighted by Crippen LogP contribution is -2.28. The van der Waals surface area contributed by atoms with Gasteiger partial charge in [0.15, 0.2) is 0 Å². The van der Waals surface area contributed by atoms with E-state index < -0.39 is 10.0 Å². The molecule has 142 valence electrons. The minimum atomic E-state index is -3.67. The second-order valence-electron chi connectivity index (χ2n) is 5.98. The SMILES string of the molecule is C#CCNS(=O)(=O)c1ccc(C(=O)NCCOc2cc(C)cc(C)c2)cc1. The molecule has 0 fully saturated rings. The van der Waals surface area contributed by atoms with Gasteiger partial charge < -0.3 is 10.1 Å². The summed E-state index contributed by atoms with van der Waals surface area (Å²) in [6, 6.07) is 11.5. The van der Waals surface area contributed by atoms with Crippen LogP contribution < -0.4 is 14.8 Å². The monoisotopic (exact) mass is 386 g/mol. The number of hydrogen-bond acceptors (Lipinski definition) is 4. The zero-order chi connectivity index (χ0) is 19.9. The van der Waals surface area contributed by atoms with Crippen LogP contribution in [-0.2, 0) is 10.0 Å². The third-order valence-corrected chi connectivity index (χ3v) is 5.06. The van der Waals surface area contributed by atoms with Crippen LogP contribution in [0.25, 0.3) is 0 Å². The molecule has 2 aromatic carbocycles. The summed E-state index contributed by atoms with van der Waals surface area (Å²) in [5.41, 5.74) is 2.58. The molecule has 2 N–H and O–H groups in total. The first-order valence-electron chi connectivity index (χ1n) is 8.34. The first-order chi connectivity index (χ1) is 12.8. The van der Waals surface area contributed by atoms with E-state index in [2.05, 4.69) is 22.0 Å². The van der Waals surface area contributed by atoms with Crippen molar-refractivity contribution in [3.63, 3.8) is 0 Å². The van der Waals surface area contributed by atoms with Crippen molar-refractivity contribution in [1.82, 2.24) is 10.0 Å². The molecule has 27 heavy (non-hydrogen) atoms. The molecule has 2 aromatic rings. The van der Waals surface area contributed by atoms with Gasteiger partial charge in [-0.05, 0) is 61.4 Å². The van der Waals surface area contributed by atoms with E-state index in [1.165, 1.54) is 24.3 Å². The van der Waals surface area contributed by atoms with Gasteiger partial charge in [0, 0.05) is 5.56 Å². The average molecular weight is 386 g/mol. The van der Waals surface area contributed by atoms with Crippen LogP contribution in [0.1, 0.15) is 21.5 Å². The fourth-order valence-electron chi connectivity index (χ4n) is 2.46. The van der Waals surface area contributed by atoms with Gasteiger partial charge in [-0.15, -0.1) is 6.42 Å². The molecule has 7 heteroatoms. The van der Waals surface area contributed by atoms with Crippen molar-refractivity contribution in [3.8, 4) is 18.1 Å². The van der Waals surface area contributed by atoms with Crippen molar-refractivity contribution in [1.29, 1.82) is 0 Å². The topological polar surface area (TPSA) is 84.5 Å². The zero-order valence-corrected chi connectivity index (χ0v) is 16.1. The first-order valence-corrected chi connectivity index (χ1v) is 9.82. The van der Waals surface area contributed by atoms with Gasteiger partial charge in [0.1, 0.15) is 12.4 Å². The second-order valence-corrected chi connectivity index (χ2v) is 7.75. The third kappa shape index (κ3) is 6.13. The summed E-state index contributed by atoms with van der Waals surface area (Å²) in [7, 11) is -3.67. The molecule has 0 unspecified atom stereocenters.